The molecule has 0 aromatic carbocycles. The summed E-state index contributed by atoms with van der Waals surface area (Å²) in [6.07, 6.45) is 8.30. The van der Waals surface area contributed by atoms with Crippen LogP contribution in [0.5, 0.6) is 0 Å². The van der Waals surface area contributed by atoms with E-state index in [9.17, 15) is 14.7 Å². The first-order chi connectivity index (χ1) is 12.3. The predicted molar refractivity (Wildman–Crippen MR) is 99.2 cm³/mol. The van der Waals surface area contributed by atoms with E-state index in [1.165, 1.54) is 7.11 Å². The Labute approximate surface area is 155 Å². The number of carbonyl (C=O) groups is 2. The number of hydrogen-bond acceptors (Lipinski definition) is 5. The van der Waals surface area contributed by atoms with Crippen molar-refractivity contribution in [2.75, 3.05) is 7.11 Å². The quantitative estimate of drug-likeness (QED) is 0.764. The fraction of sp³-hybridized carbons (Fsp3) is 0.524. The van der Waals surface area contributed by atoms with Gasteiger partial charge in [0.15, 0.2) is 0 Å². The third-order valence-electron chi connectivity index (χ3n) is 4.74. The number of hydrogen-bond donors (Lipinski definition) is 1. The lowest BCUT2D eigenvalue weighted by atomic mass is 9.92. The van der Waals surface area contributed by atoms with Crippen molar-refractivity contribution < 1.29 is 24.2 Å². The number of fused-ring (bicyclic) bond motifs is 1. The highest BCUT2D eigenvalue weighted by Crippen LogP contribution is 2.26. The summed E-state index contributed by atoms with van der Waals surface area (Å²) in [5, 5.41) is 10.6. The van der Waals surface area contributed by atoms with Crippen LogP contribution >= 0.6 is 0 Å². The number of esters is 2. The average Bonchev–Trinajstić information content (AvgIpc) is 2.92. The van der Waals surface area contributed by atoms with E-state index in [1.807, 2.05) is 25.2 Å². The number of allylic oxidation sites excluding steroid dienone is 3. The highest BCUT2D eigenvalue weighted by Gasteiger charge is 2.26. The van der Waals surface area contributed by atoms with Crippen LogP contribution in [0.25, 0.3) is 0 Å². The van der Waals surface area contributed by atoms with Crippen LogP contribution in [0, 0.1) is 5.92 Å². The van der Waals surface area contributed by atoms with Gasteiger partial charge >= 0.3 is 11.9 Å². The molecular weight excluding hydrogens is 332 g/mol. The lowest BCUT2D eigenvalue weighted by Crippen LogP contribution is -2.21. The maximum absolute atomic E-state index is 12.1. The molecule has 2 atom stereocenters. The smallest absolute Gasteiger partial charge is 0.336 e. The Morgan fingerprint density at radius 2 is 2.04 bits per heavy atom. The molecule has 0 amide bonds. The lowest BCUT2D eigenvalue weighted by molar-refractivity contribution is -0.139. The normalized spacial score (nSPS) is 30.8. The minimum atomic E-state index is -0.940. The molecule has 5 heteroatoms. The maximum Gasteiger partial charge on any atom is 0.336 e. The molecule has 0 saturated heterocycles. The Bertz CT molecular complexity index is 679. The lowest BCUT2D eigenvalue weighted by Gasteiger charge is -2.18. The molecule has 1 N–H and O–H groups in total. The van der Waals surface area contributed by atoms with Gasteiger partial charge in [-0.2, -0.15) is 0 Å². The van der Waals surface area contributed by atoms with Gasteiger partial charge in [-0.15, -0.1) is 0 Å². The van der Waals surface area contributed by atoms with E-state index in [4.69, 9.17) is 9.47 Å². The molecule has 2 aliphatic rings. The Morgan fingerprint density at radius 3 is 2.69 bits per heavy atom. The molecule has 2 bridgehead atoms. The minimum Gasteiger partial charge on any atom is -0.466 e. The SMILES string of the molecule is COC(=O)/C1=C\CCC2=C[C@@H](C/C(C)=C/C=C(/C(C)C)C[C@@H]1O)OC2=O. The van der Waals surface area contributed by atoms with Crippen LogP contribution in [-0.4, -0.2) is 36.4 Å². The first-order valence-corrected chi connectivity index (χ1v) is 9.06. The van der Waals surface area contributed by atoms with Gasteiger partial charge in [-0.05, 0) is 38.2 Å². The number of rotatable bonds is 2. The van der Waals surface area contributed by atoms with E-state index in [1.54, 1.807) is 6.08 Å². The van der Waals surface area contributed by atoms with Gasteiger partial charge in [0.2, 0.25) is 0 Å². The summed E-state index contributed by atoms with van der Waals surface area (Å²) < 4.78 is 10.2. The Hall–Kier alpha value is -2.14. The van der Waals surface area contributed by atoms with E-state index in [-0.39, 0.29) is 23.6 Å². The molecule has 0 aromatic rings. The second-order valence-corrected chi connectivity index (χ2v) is 7.16. The van der Waals surface area contributed by atoms with E-state index < -0.39 is 12.1 Å². The highest BCUT2D eigenvalue weighted by atomic mass is 16.5. The van der Waals surface area contributed by atoms with Crippen LogP contribution in [0.1, 0.15) is 46.5 Å². The molecule has 0 radical (unpaired) electrons. The predicted octanol–water partition coefficient (Wildman–Crippen LogP) is 3.40. The summed E-state index contributed by atoms with van der Waals surface area (Å²) in [5.41, 5.74) is 2.99. The van der Waals surface area contributed by atoms with Crippen molar-refractivity contribution in [2.24, 2.45) is 5.92 Å². The zero-order valence-corrected chi connectivity index (χ0v) is 16.0. The second kappa shape index (κ2) is 8.99. The van der Waals surface area contributed by atoms with Crippen molar-refractivity contribution in [3.63, 3.8) is 0 Å². The first-order valence-electron chi connectivity index (χ1n) is 9.06. The van der Waals surface area contributed by atoms with Crippen LogP contribution in [0.3, 0.4) is 0 Å². The monoisotopic (exact) mass is 360 g/mol. The summed E-state index contributed by atoms with van der Waals surface area (Å²) in [5.74, 6) is -0.610. The van der Waals surface area contributed by atoms with Crippen LogP contribution in [0.15, 0.2) is 46.6 Å². The molecule has 1 heterocycles. The average molecular weight is 360 g/mol. The molecule has 142 valence electrons. The second-order valence-electron chi connectivity index (χ2n) is 7.16. The zero-order valence-electron chi connectivity index (χ0n) is 16.0. The number of aliphatic hydroxyl groups excluding tert-OH is 1. The van der Waals surface area contributed by atoms with E-state index in [0.717, 1.165) is 11.1 Å². The van der Waals surface area contributed by atoms with Gasteiger partial charge < -0.3 is 14.6 Å². The molecule has 0 fully saturated rings. The third-order valence-corrected chi connectivity index (χ3v) is 4.74. The molecule has 26 heavy (non-hydrogen) atoms. The van der Waals surface area contributed by atoms with Crippen LogP contribution in [0.2, 0.25) is 0 Å². The summed E-state index contributed by atoms with van der Waals surface area (Å²) in [6.45, 7) is 6.11. The molecule has 0 saturated carbocycles. The van der Waals surface area contributed by atoms with Crippen molar-refractivity contribution >= 4 is 11.9 Å². The third kappa shape index (κ3) is 5.18. The fourth-order valence-corrected chi connectivity index (χ4v) is 3.15. The van der Waals surface area contributed by atoms with Crippen LogP contribution in [0.4, 0.5) is 0 Å². The van der Waals surface area contributed by atoms with Crippen molar-refractivity contribution in [3.8, 4) is 0 Å². The summed E-state index contributed by atoms with van der Waals surface area (Å²) in [6, 6.07) is 0. The Kier molecular flexibility index (Phi) is 6.98. The van der Waals surface area contributed by atoms with Crippen LogP contribution in [-0.2, 0) is 19.1 Å². The highest BCUT2D eigenvalue weighted by molar-refractivity contribution is 5.91. The molecular formula is C21H28O5. The standard InChI is InChI=1S/C21H28O5/c1-13(2)15-9-8-14(3)10-17-11-16(20(23)26-17)6-5-7-18(19(22)12-15)21(24)25-4/h7-9,11,13,17,19,22H,5-6,10,12H2,1-4H3/b14-8+,15-9+,18-7-/t17-,19+/m1/s1. The van der Waals surface area contributed by atoms with Gasteiger partial charge in [0.25, 0.3) is 0 Å². The molecule has 1 aliphatic heterocycles. The Morgan fingerprint density at radius 1 is 1.31 bits per heavy atom. The molecule has 0 aromatic heterocycles. The Balaban J connectivity index is 2.39. The van der Waals surface area contributed by atoms with E-state index in [0.29, 0.717) is 31.3 Å². The zero-order chi connectivity index (χ0) is 19.3. The number of aliphatic hydroxyl groups is 1. The molecule has 0 spiro atoms. The summed E-state index contributed by atoms with van der Waals surface area (Å²) in [7, 11) is 1.30. The molecule has 5 nitrogen and oxygen atoms in total. The largest absolute Gasteiger partial charge is 0.466 e. The van der Waals surface area contributed by atoms with E-state index >= 15 is 0 Å². The van der Waals surface area contributed by atoms with Gasteiger partial charge in [-0.1, -0.05) is 43.2 Å². The topological polar surface area (TPSA) is 72.8 Å². The van der Waals surface area contributed by atoms with Gasteiger partial charge in [0.1, 0.15) is 6.10 Å². The number of carbonyl (C=O) groups excluding carboxylic acids is 2. The molecule has 2 rings (SSSR count). The van der Waals surface area contributed by atoms with Gasteiger partial charge in [0.05, 0.1) is 18.8 Å². The van der Waals surface area contributed by atoms with Crippen LogP contribution < -0.4 is 0 Å². The first kappa shape index (κ1) is 20.2. The number of ether oxygens (including phenoxy) is 2. The summed E-state index contributed by atoms with van der Waals surface area (Å²) in [4.78, 5) is 24.1. The van der Waals surface area contributed by atoms with Crippen molar-refractivity contribution in [3.05, 3.63) is 46.6 Å². The van der Waals surface area contributed by atoms with Crippen molar-refractivity contribution in [1.29, 1.82) is 0 Å². The van der Waals surface area contributed by atoms with Crippen molar-refractivity contribution in [2.45, 2.75) is 58.7 Å². The van der Waals surface area contributed by atoms with Gasteiger partial charge in [-0.3, -0.25) is 0 Å². The number of methoxy groups -OCH3 is 1. The molecule has 0 unspecified atom stereocenters. The van der Waals surface area contributed by atoms with Crippen molar-refractivity contribution in [1.82, 2.24) is 0 Å². The van der Waals surface area contributed by atoms with Gasteiger partial charge in [0, 0.05) is 12.0 Å². The fourth-order valence-electron chi connectivity index (χ4n) is 3.15. The summed E-state index contributed by atoms with van der Waals surface area (Å²) >= 11 is 0. The van der Waals surface area contributed by atoms with Gasteiger partial charge in [-0.25, -0.2) is 9.59 Å². The molecule has 1 aliphatic carbocycles. The maximum atomic E-state index is 12.1. The minimum absolute atomic E-state index is 0.233. The van der Waals surface area contributed by atoms with E-state index in [2.05, 4.69) is 13.8 Å².